The number of carbonyl (C=O) groups excluding carboxylic acids is 2. The van der Waals surface area contributed by atoms with Crippen molar-refractivity contribution in [2.45, 2.75) is 25.9 Å². The zero-order chi connectivity index (χ0) is 23.2. The van der Waals surface area contributed by atoms with Gasteiger partial charge in [0.15, 0.2) is 5.11 Å². The summed E-state index contributed by atoms with van der Waals surface area (Å²) in [5, 5.41) is 7.32. The van der Waals surface area contributed by atoms with Crippen LogP contribution in [0.3, 0.4) is 0 Å². The molecule has 2 rings (SSSR count). The minimum atomic E-state index is -4.65. The molecule has 0 saturated carbocycles. The summed E-state index contributed by atoms with van der Waals surface area (Å²) in [7, 11) is 0. The van der Waals surface area contributed by atoms with Gasteiger partial charge in [-0.3, -0.25) is 14.9 Å². The summed E-state index contributed by atoms with van der Waals surface area (Å²) >= 11 is 16.8. The summed E-state index contributed by atoms with van der Waals surface area (Å²) in [6, 6.07) is 5.05. The van der Waals surface area contributed by atoms with Crippen LogP contribution in [0.4, 0.5) is 18.9 Å². The Hall–Kier alpha value is -2.43. The number of pyridine rings is 1. The third kappa shape index (κ3) is 7.05. The van der Waals surface area contributed by atoms with Gasteiger partial charge in [-0.1, -0.05) is 36.5 Å². The lowest BCUT2D eigenvalue weighted by atomic mass is 10.1. The number of hydrogen-bond acceptors (Lipinski definition) is 4. The standard InChI is InChI=1S/C19H17Cl2F3N4O2S/c1-2-3-6-25-16(29)12-8-11(20)4-5-14(12)27-18(31)28-17(30)15-13(21)7-10(9-26-15)19(22,23)24/h4-5,7-9H,2-3,6H2,1H3,(H,25,29)(H2,27,28,30,31). The van der Waals surface area contributed by atoms with Crippen molar-refractivity contribution in [1.82, 2.24) is 15.6 Å². The minimum Gasteiger partial charge on any atom is -0.352 e. The molecule has 0 spiro atoms. The maximum absolute atomic E-state index is 12.7. The first-order valence-corrected chi connectivity index (χ1v) is 10.1. The van der Waals surface area contributed by atoms with E-state index in [1.807, 2.05) is 6.92 Å². The Bertz CT molecular complexity index is 1000. The molecule has 1 aromatic carbocycles. The van der Waals surface area contributed by atoms with Crippen molar-refractivity contribution in [2.75, 3.05) is 11.9 Å². The maximum atomic E-state index is 12.7. The number of amides is 2. The van der Waals surface area contributed by atoms with E-state index in [0.717, 1.165) is 12.8 Å². The van der Waals surface area contributed by atoms with Gasteiger partial charge < -0.3 is 10.6 Å². The number of thiocarbonyl (C=S) groups is 1. The second-order valence-electron chi connectivity index (χ2n) is 6.26. The molecule has 0 aliphatic carbocycles. The molecule has 2 aromatic rings. The third-order valence-electron chi connectivity index (χ3n) is 3.90. The summed E-state index contributed by atoms with van der Waals surface area (Å²) in [5.41, 5.74) is -1.05. The first-order chi connectivity index (χ1) is 14.5. The van der Waals surface area contributed by atoms with Gasteiger partial charge in [0.1, 0.15) is 5.69 Å². The number of anilines is 1. The van der Waals surface area contributed by atoms with Gasteiger partial charge in [0.2, 0.25) is 0 Å². The molecule has 0 aliphatic rings. The number of carbonyl (C=O) groups is 2. The van der Waals surface area contributed by atoms with E-state index in [1.54, 1.807) is 0 Å². The van der Waals surface area contributed by atoms with E-state index in [9.17, 15) is 22.8 Å². The molecule has 0 radical (unpaired) electrons. The van der Waals surface area contributed by atoms with Crippen LogP contribution in [0, 0.1) is 0 Å². The largest absolute Gasteiger partial charge is 0.417 e. The predicted octanol–water partition coefficient (Wildman–Crippen LogP) is 5.06. The first kappa shape index (κ1) is 24.8. The normalized spacial score (nSPS) is 11.0. The first-order valence-electron chi connectivity index (χ1n) is 8.95. The molecule has 0 atom stereocenters. The average Bonchev–Trinajstić information content (AvgIpc) is 2.68. The molecule has 12 heteroatoms. The van der Waals surface area contributed by atoms with Crippen LogP contribution in [0.2, 0.25) is 10.0 Å². The number of aromatic nitrogens is 1. The van der Waals surface area contributed by atoms with E-state index in [1.165, 1.54) is 18.2 Å². The zero-order valence-corrected chi connectivity index (χ0v) is 18.4. The Balaban J connectivity index is 2.12. The van der Waals surface area contributed by atoms with E-state index in [-0.39, 0.29) is 22.3 Å². The average molecular weight is 493 g/mol. The maximum Gasteiger partial charge on any atom is 0.417 e. The van der Waals surface area contributed by atoms with Crippen molar-refractivity contribution in [1.29, 1.82) is 0 Å². The molecule has 6 nitrogen and oxygen atoms in total. The lowest BCUT2D eigenvalue weighted by Gasteiger charge is -2.14. The molecule has 0 fully saturated rings. The fraction of sp³-hybridized carbons (Fsp3) is 0.263. The van der Waals surface area contributed by atoms with Crippen LogP contribution in [0.1, 0.15) is 46.2 Å². The number of unbranched alkanes of at least 4 members (excludes halogenated alkanes) is 1. The molecule has 3 N–H and O–H groups in total. The van der Waals surface area contributed by atoms with E-state index in [4.69, 9.17) is 35.4 Å². The van der Waals surface area contributed by atoms with Crippen LogP contribution < -0.4 is 16.0 Å². The zero-order valence-electron chi connectivity index (χ0n) is 16.1. The molecule has 2 amide bonds. The van der Waals surface area contributed by atoms with Crippen LogP contribution in [-0.2, 0) is 6.18 Å². The molecule has 1 aromatic heterocycles. The molecular weight excluding hydrogens is 476 g/mol. The Morgan fingerprint density at radius 1 is 1.16 bits per heavy atom. The number of nitrogens with zero attached hydrogens (tertiary/aromatic N) is 1. The van der Waals surface area contributed by atoms with Crippen LogP contribution in [0.15, 0.2) is 30.5 Å². The van der Waals surface area contributed by atoms with Crippen molar-refractivity contribution < 1.29 is 22.8 Å². The summed E-state index contributed by atoms with van der Waals surface area (Å²) in [5.74, 6) is -1.31. The molecule has 31 heavy (non-hydrogen) atoms. The second kappa shape index (κ2) is 10.7. The van der Waals surface area contributed by atoms with Crippen LogP contribution in [0.25, 0.3) is 0 Å². The van der Waals surface area contributed by atoms with E-state index in [0.29, 0.717) is 23.8 Å². The lowest BCUT2D eigenvalue weighted by Crippen LogP contribution is -2.35. The number of benzene rings is 1. The smallest absolute Gasteiger partial charge is 0.352 e. The second-order valence-corrected chi connectivity index (χ2v) is 7.51. The molecule has 0 saturated heterocycles. The third-order valence-corrected chi connectivity index (χ3v) is 4.63. The van der Waals surface area contributed by atoms with Gasteiger partial charge in [-0.2, -0.15) is 13.2 Å². The predicted molar refractivity (Wildman–Crippen MR) is 117 cm³/mol. The van der Waals surface area contributed by atoms with Gasteiger partial charge in [-0.25, -0.2) is 4.98 Å². The number of nitrogens with one attached hydrogen (secondary N) is 3. The summed E-state index contributed by atoms with van der Waals surface area (Å²) in [4.78, 5) is 28.2. The van der Waals surface area contributed by atoms with Crippen molar-refractivity contribution in [3.63, 3.8) is 0 Å². The van der Waals surface area contributed by atoms with Crippen molar-refractivity contribution in [3.8, 4) is 0 Å². The SMILES string of the molecule is CCCCNC(=O)c1cc(Cl)ccc1NC(=S)NC(=O)c1ncc(C(F)(F)F)cc1Cl. The van der Waals surface area contributed by atoms with Crippen LogP contribution in [-0.4, -0.2) is 28.5 Å². The van der Waals surface area contributed by atoms with E-state index in [2.05, 4.69) is 20.9 Å². The molecule has 1 heterocycles. The van der Waals surface area contributed by atoms with Gasteiger partial charge in [-0.15, -0.1) is 0 Å². The van der Waals surface area contributed by atoms with E-state index < -0.39 is 28.4 Å². The Morgan fingerprint density at radius 3 is 2.48 bits per heavy atom. The lowest BCUT2D eigenvalue weighted by molar-refractivity contribution is -0.137. The van der Waals surface area contributed by atoms with Gasteiger partial charge in [0.25, 0.3) is 11.8 Å². The Morgan fingerprint density at radius 2 is 1.87 bits per heavy atom. The number of rotatable bonds is 6. The summed E-state index contributed by atoms with van der Waals surface area (Å²) in [6.07, 6.45) is -2.46. The molecule has 0 unspecified atom stereocenters. The van der Waals surface area contributed by atoms with E-state index >= 15 is 0 Å². The van der Waals surface area contributed by atoms with Crippen LogP contribution >= 0.6 is 35.4 Å². The number of hydrogen-bond donors (Lipinski definition) is 3. The highest BCUT2D eigenvalue weighted by molar-refractivity contribution is 7.80. The fourth-order valence-corrected chi connectivity index (χ4v) is 2.99. The highest BCUT2D eigenvalue weighted by Crippen LogP contribution is 2.31. The monoisotopic (exact) mass is 492 g/mol. The Kier molecular flexibility index (Phi) is 8.60. The highest BCUT2D eigenvalue weighted by atomic mass is 35.5. The summed E-state index contributed by atoms with van der Waals surface area (Å²) in [6.45, 7) is 2.46. The topological polar surface area (TPSA) is 83.1 Å². The molecule has 166 valence electrons. The van der Waals surface area contributed by atoms with Gasteiger partial charge in [0.05, 0.1) is 21.8 Å². The molecule has 0 aliphatic heterocycles. The van der Waals surface area contributed by atoms with Gasteiger partial charge in [0, 0.05) is 17.8 Å². The van der Waals surface area contributed by atoms with Gasteiger partial charge >= 0.3 is 6.18 Å². The van der Waals surface area contributed by atoms with Crippen molar-refractivity contribution in [3.05, 3.63) is 57.3 Å². The van der Waals surface area contributed by atoms with Crippen LogP contribution in [0.5, 0.6) is 0 Å². The molecule has 0 bridgehead atoms. The number of halogens is 5. The Labute approximate surface area is 191 Å². The van der Waals surface area contributed by atoms with Gasteiger partial charge in [-0.05, 0) is 42.9 Å². The summed E-state index contributed by atoms with van der Waals surface area (Å²) < 4.78 is 38.1. The molecular formula is C19H17Cl2F3N4O2S. The quantitative estimate of drug-likeness (QED) is 0.387. The fourth-order valence-electron chi connectivity index (χ4n) is 2.36. The van der Waals surface area contributed by atoms with Crippen molar-refractivity contribution >= 4 is 58.0 Å². The van der Waals surface area contributed by atoms with Crippen molar-refractivity contribution in [2.24, 2.45) is 0 Å². The minimum absolute atomic E-state index is 0.200. The highest BCUT2D eigenvalue weighted by Gasteiger charge is 2.32. The number of alkyl halides is 3.